The minimum Gasteiger partial charge on any atom is -0.385 e. The molecule has 1 aromatic carbocycles. The number of hydrogen-bond acceptors (Lipinski definition) is 2. The summed E-state index contributed by atoms with van der Waals surface area (Å²) in [6.07, 6.45) is 1.04. The molecule has 0 saturated heterocycles. The fourth-order valence-electron chi connectivity index (χ4n) is 2.25. The largest absolute Gasteiger partial charge is 0.385 e. The van der Waals surface area contributed by atoms with Crippen molar-refractivity contribution in [2.24, 2.45) is 5.92 Å². The number of hydrogen-bond donors (Lipinski definition) is 1. The van der Waals surface area contributed by atoms with Gasteiger partial charge in [-0.05, 0) is 49.1 Å². The number of rotatable bonds is 7. The Morgan fingerprint density at radius 3 is 2.72 bits per heavy atom. The first-order valence-electron chi connectivity index (χ1n) is 6.58. The van der Waals surface area contributed by atoms with Crippen molar-refractivity contribution in [1.82, 2.24) is 5.32 Å². The van der Waals surface area contributed by atoms with E-state index in [9.17, 15) is 0 Å². The molecule has 0 aliphatic rings. The molecule has 1 aromatic rings. The lowest BCUT2D eigenvalue weighted by molar-refractivity contribution is 0.170. The minimum absolute atomic E-state index is 0.337. The molecule has 0 amide bonds. The van der Waals surface area contributed by atoms with Crippen LogP contribution in [0.4, 0.5) is 0 Å². The fourth-order valence-corrected chi connectivity index (χ4v) is 2.43. The zero-order chi connectivity index (χ0) is 13.5. The van der Waals surface area contributed by atoms with Crippen molar-refractivity contribution in [2.75, 3.05) is 20.3 Å². The molecule has 0 bridgehead atoms. The van der Waals surface area contributed by atoms with Gasteiger partial charge >= 0.3 is 0 Å². The van der Waals surface area contributed by atoms with Crippen molar-refractivity contribution in [3.05, 3.63) is 34.3 Å². The van der Waals surface area contributed by atoms with Crippen molar-refractivity contribution in [3.63, 3.8) is 0 Å². The third-order valence-corrected chi connectivity index (χ3v) is 3.58. The second kappa shape index (κ2) is 7.78. The van der Waals surface area contributed by atoms with Gasteiger partial charge in [0.15, 0.2) is 0 Å². The predicted molar refractivity (Wildman–Crippen MR) is 78.3 cm³/mol. The van der Waals surface area contributed by atoms with Crippen LogP contribution in [0.5, 0.6) is 0 Å². The average molecular weight is 270 g/mol. The third-order valence-electron chi connectivity index (χ3n) is 3.35. The smallest absolute Gasteiger partial charge is 0.0465 e. The van der Waals surface area contributed by atoms with Gasteiger partial charge in [0.05, 0.1) is 0 Å². The second-order valence-corrected chi connectivity index (χ2v) is 5.23. The van der Waals surface area contributed by atoms with Crippen LogP contribution in [0.3, 0.4) is 0 Å². The summed E-state index contributed by atoms with van der Waals surface area (Å²) < 4.78 is 5.18. The topological polar surface area (TPSA) is 21.3 Å². The van der Waals surface area contributed by atoms with E-state index in [-0.39, 0.29) is 0 Å². The van der Waals surface area contributed by atoms with Gasteiger partial charge in [-0.2, -0.15) is 0 Å². The van der Waals surface area contributed by atoms with Crippen LogP contribution in [0.1, 0.15) is 37.4 Å². The van der Waals surface area contributed by atoms with E-state index in [2.05, 4.69) is 38.2 Å². The maximum Gasteiger partial charge on any atom is 0.0465 e. The molecular formula is C15H24ClNO. The van der Waals surface area contributed by atoms with Gasteiger partial charge in [-0.25, -0.2) is 0 Å². The average Bonchev–Trinajstić information content (AvgIpc) is 2.36. The highest BCUT2D eigenvalue weighted by Crippen LogP contribution is 2.29. The minimum atomic E-state index is 0.337. The number of aryl methyl sites for hydroxylation is 1. The summed E-state index contributed by atoms with van der Waals surface area (Å²) in [5.41, 5.74) is 2.59. The van der Waals surface area contributed by atoms with Crippen LogP contribution in [0.25, 0.3) is 0 Å². The number of nitrogens with one attached hydrogen (secondary N) is 1. The molecular weight excluding hydrogens is 246 g/mol. The van der Waals surface area contributed by atoms with Crippen molar-refractivity contribution in [2.45, 2.75) is 33.2 Å². The summed E-state index contributed by atoms with van der Waals surface area (Å²) in [7, 11) is 1.75. The SMILES string of the molecule is CCNC(c1cc(Cl)ccc1C)C(C)CCOC. The molecule has 2 unspecified atom stereocenters. The fraction of sp³-hybridized carbons (Fsp3) is 0.600. The second-order valence-electron chi connectivity index (χ2n) is 4.80. The monoisotopic (exact) mass is 269 g/mol. The maximum absolute atomic E-state index is 6.12. The lowest BCUT2D eigenvalue weighted by atomic mass is 9.89. The van der Waals surface area contributed by atoms with Crippen LogP contribution < -0.4 is 5.32 Å². The quantitative estimate of drug-likeness (QED) is 0.809. The number of methoxy groups -OCH3 is 1. The number of halogens is 1. The van der Waals surface area contributed by atoms with E-state index in [4.69, 9.17) is 16.3 Å². The van der Waals surface area contributed by atoms with Gasteiger partial charge in [-0.15, -0.1) is 0 Å². The first-order chi connectivity index (χ1) is 8.60. The van der Waals surface area contributed by atoms with E-state index in [1.165, 1.54) is 11.1 Å². The molecule has 0 fully saturated rings. The van der Waals surface area contributed by atoms with E-state index in [0.29, 0.717) is 12.0 Å². The lowest BCUT2D eigenvalue weighted by Gasteiger charge is -2.27. The Hall–Kier alpha value is -0.570. The van der Waals surface area contributed by atoms with Crippen molar-refractivity contribution < 1.29 is 4.74 Å². The zero-order valence-corrected chi connectivity index (χ0v) is 12.6. The maximum atomic E-state index is 6.12. The van der Waals surface area contributed by atoms with Gasteiger partial charge in [-0.3, -0.25) is 0 Å². The van der Waals surface area contributed by atoms with Crippen LogP contribution in [0, 0.1) is 12.8 Å². The zero-order valence-electron chi connectivity index (χ0n) is 11.8. The van der Waals surface area contributed by atoms with Crippen LogP contribution in [0.2, 0.25) is 5.02 Å². The summed E-state index contributed by atoms with van der Waals surface area (Å²) in [5, 5.41) is 4.36. The Balaban J connectivity index is 2.92. The molecule has 18 heavy (non-hydrogen) atoms. The first-order valence-corrected chi connectivity index (χ1v) is 6.96. The normalized spacial score (nSPS) is 14.5. The molecule has 1 N–H and O–H groups in total. The van der Waals surface area contributed by atoms with E-state index >= 15 is 0 Å². The summed E-state index contributed by atoms with van der Waals surface area (Å²) in [6.45, 7) is 8.28. The van der Waals surface area contributed by atoms with E-state index in [1.54, 1.807) is 7.11 Å². The van der Waals surface area contributed by atoms with Crippen LogP contribution in [0.15, 0.2) is 18.2 Å². The molecule has 3 heteroatoms. The Morgan fingerprint density at radius 2 is 2.11 bits per heavy atom. The third kappa shape index (κ3) is 4.27. The molecule has 0 aromatic heterocycles. The van der Waals surface area contributed by atoms with E-state index in [1.807, 2.05) is 6.07 Å². The van der Waals surface area contributed by atoms with Gasteiger partial charge in [-0.1, -0.05) is 31.5 Å². The number of benzene rings is 1. The Kier molecular flexibility index (Phi) is 6.69. The molecule has 2 atom stereocenters. The molecule has 0 saturated carbocycles. The highest BCUT2D eigenvalue weighted by atomic mass is 35.5. The molecule has 102 valence electrons. The van der Waals surface area contributed by atoms with Gasteiger partial charge < -0.3 is 10.1 Å². The van der Waals surface area contributed by atoms with Crippen LogP contribution in [-0.4, -0.2) is 20.3 Å². The molecule has 0 spiro atoms. The van der Waals surface area contributed by atoms with E-state index < -0.39 is 0 Å². The van der Waals surface area contributed by atoms with Gasteiger partial charge in [0.25, 0.3) is 0 Å². The van der Waals surface area contributed by atoms with Crippen molar-refractivity contribution in [3.8, 4) is 0 Å². The van der Waals surface area contributed by atoms with Crippen LogP contribution in [-0.2, 0) is 4.74 Å². The number of ether oxygens (including phenoxy) is 1. The first kappa shape index (κ1) is 15.5. The summed E-state index contributed by atoms with van der Waals surface area (Å²) >= 11 is 6.12. The molecule has 0 radical (unpaired) electrons. The van der Waals surface area contributed by atoms with Gasteiger partial charge in [0.2, 0.25) is 0 Å². The highest BCUT2D eigenvalue weighted by Gasteiger charge is 2.20. The summed E-state index contributed by atoms with van der Waals surface area (Å²) in [4.78, 5) is 0. The van der Waals surface area contributed by atoms with Gasteiger partial charge in [0.1, 0.15) is 0 Å². The van der Waals surface area contributed by atoms with Crippen LogP contribution >= 0.6 is 11.6 Å². The molecule has 1 rings (SSSR count). The van der Waals surface area contributed by atoms with Crippen molar-refractivity contribution in [1.29, 1.82) is 0 Å². The Labute approximate surface area is 116 Å². The Bertz CT molecular complexity index is 368. The highest BCUT2D eigenvalue weighted by molar-refractivity contribution is 6.30. The molecule has 0 aliphatic heterocycles. The Morgan fingerprint density at radius 1 is 1.39 bits per heavy atom. The predicted octanol–water partition coefficient (Wildman–Crippen LogP) is 3.97. The lowest BCUT2D eigenvalue weighted by Crippen LogP contribution is -2.28. The van der Waals surface area contributed by atoms with Crippen molar-refractivity contribution >= 4 is 11.6 Å². The summed E-state index contributed by atoms with van der Waals surface area (Å²) in [6, 6.07) is 6.45. The molecule has 2 nitrogen and oxygen atoms in total. The standard InChI is InChI=1S/C15H24ClNO/c1-5-17-15(12(3)8-9-18-4)14-10-13(16)7-6-11(14)2/h6-7,10,12,15,17H,5,8-9H2,1-4H3. The van der Waals surface area contributed by atoms with E-state index in [0.717, 1.165) is 24.6 Å². The molecule has 0 aliphatic carbocycles. The summed E-state index contributed by atoms with van der Waals surface area (Å²) in [5.74, 6) is 0.516. The van der Waals surface area contributed by atoms with Gasteiger partial charge in [0, 0.05) is 24.8 Å². The molecule has 0 heterocycles.